The highest BCUT2D eigenvalue weighted by atomic mass is 35.5. The zero-order valence-electron chi connectivity index (χ0n) is 5.71. The Kier molecular flexibility index (Phi) is 4.45. The van der Waals surface area contributed by atoms with Crippen LogP contribution in [0.4, 0.5) is 4.39 Å². The van der Waals surface area contributed by atoms with Crippen LogP contribution in [0.5, 0.6) is 0 Å². The number of alkyl halides is 2. The van der Waals surface area contributed by atoms with E-state index in [1.165, 1.54) is 13.8 Å². The molecule has 0 spiro atoms. The molecule has 2 unspecified atom stereocenters. The zero-order chi connectivity index (χ0) is 8.20. The second-order valence-electron chi connectivity index (χ2n) is 1.62. The second kappa shape index (κ2) is 4.29. The fourth-order valence-corrected chi connectivity index (χ4v) is 1.01. The molecule has 0 radical (unpaired) electrons. The molecule has 0 bridgehead atoms. The smallest absolute Gasteiger partial charge is 0.312 e. The molecule has 10 heavy (non-hydrogen) atoms. The van der Waals surface area contributed by atoms with E-state index in [1.54, 1.807) is 0 Å². The summed E-state index contributed by atoms with van der Waals surface area (Å²) >= 11 is 5.04. The summed E-state index contributed by atoms with van der Waals surface area (Å²) in [6, 6.07) is 0. The van der Waals surface area contributed by atoms with Gasteiger partial charge in [0.2, 0.25) is 6.36 Å². The molecule has 3 nitrogen and oxygen atoms in total. The van der Waals surface area contributed by atoms with E-state index < -0.39 is 14.0 Å². The molecule has 0 aliphatic rings. The van der Waals surface area contributed by atoms with E-state index in [0.29, 0.717) is 0 Å². The van der Waals surface area contributed by atoms with Gasteiger partial charge in [0.1, 0.15) is 0 Å². The predicted octanol–water partition coefficient (Wildman–Crippen LogP) is 2.01. The summed E-state index contributed by atoms with van der Waals surface area (Å²) in [6.45, 7) is 1.17. The monoisotopic (exact) mass is 190 g/mol. The number of hydrogen-bond acceptors (Lipinski definition) is 3. The maximum atomic E-state index is 12.2. The van der Waals surface area contributed by atoms with Gasteiger partial charge in [-0.05, 0) is 0 Å². The van der Waals surface area contributed by atoms with Gasteiger partial charge < -0.3 is 4.52 Å². The van der Waals surface area contributed by atoms with Crippen LogP contribution in [-0.4, -0.2) is 26.0 Å². The van der Waals surface area contributed by atoms with Crippen molar-refractivity contribution in [1.29, 1.82) is 0 Å². The first-order valence-corrected chi connectivity index (χ1v) is 5.06. The van der Waals surface area contributed by atoms with Crippen molar-refractivity contribution in [3.8, 4) is 0 Å². The highest BCUT2D eigenvalue weighted by Crippen LogP contribution is 2.44. The first-order valence-electron chi connectivity index (χ1n) is 2.53. The Bertz CT molecular complexity index is 142. The highest BCUT2D eigenvalue weighted by molar-refractivity contribution is 7.52. The minimum Gasteiger partial charge on any atom is -0.312 e. The molecule has 0 saturated carbocycles. The summed E-state index contributed by atoms with van der Waals surface area (Å²) in [5.74, 6) is -0.346. The summed E-state index contributed by atoms with van der Waals surface area (Å²) in [6.07, 6.45) is -1.72. The average Bonchev–Trinajstić information content (AvgIpc) is 1.87. The molecule has 0 N–H and O–H groups in total. The van der Waals surface area contributed by atoms with Gasteiger partial charge in [0.05, 0.1) is 5.88 Å². The van der Waals surface area contributed by atoms with Crippen molar-refractivity contribution in [1.82, 2.24) is 0 Å². The van der Waals surface area contributed by atoms with E-state index in [1.807, 2.05) is 0 Å². The summed E-state index contributed by atoms with van der Waals surface area (Å²) in [7, 11) is -2.02. The lowest BCUT2D eigenvalue weighted by Gasteiger charge is -2.12. The lowest BCUT2D eigenvalue weighted by Crippen LogP contribution is -2.06. The molecule has 0 amide bonds. The minimum atomic E-state index is -3.21. The molecule has 0 aromatic heterocycles. The number of hydrogen-bond donors (Lipinski definition) is 0. The lowest BCUT2D eigenvalue weighted by atomic mass is 10.8. The average molecular weight is 191 g/mol. The number of rotatable bonds is 4. The molecule has 0 heterocycles. The van der Waals surface area contributed by atoms with Gasteiger partial charge >= 0.3 is 7.60 Å². The van der Waals surface area contributed by atoms with Crippen LogP contribution in [0.2, 0.25) is 0 Å². The molecule has 0 rings (SSSR count). The van der Waals surface area contributed by atoms with E-state index >= 15 is 0 Å². The Morgan fingerprint density at radius 1 is 1.80 bits per heavy atom. The standard InChI is InChI=1S/C4H9ClFO3P/c1-8-10(2,7)9-4(6)3-5/h4H,3H2,1-2H3. The molecular weight excluding hydrogens is 181 g/mol. The zero-order valence-corrected chi connectivity index (χ0v) is 7.36. The van der Waals surface area contributed by atoms with E-state index in [-0.39, 0.29) is 5.88 Å². The summed E-state index contributed by atoms with van der Waals surface area (Å²) < 4.78 is 31.6. The minimum absolute atomic E-state index is 0.346. The first kappa shape index (κ1) is 10.4. The van der Waals surface area contributed by atoms with E-state index in [4.69, 9.17) is 11.6 Å². The molecule has 0 aromatic rings. The Morgan fingerprint density at radius 2 is 2.30 bits per heavy atom. The molecule has 6 heteroatoms. The van der Waals surface area contributed by atoms with Crippen molar-refractivity contribution < 1.29 is 18.0 Å². The Hall–Kier alpha value is 0.370. The fraction of sp³-hybridized carbons (Fsp3) is 1.00. The summed E-state index contributed by atoms with van der Waals surface area (Å²) in [5, 5.41) is 0. The van der Waals surface area contributed by atoms with Crippen LogP contribution in [0.15, 0.2) is 0 Å². The largest absolute Gasteiger partial charge is 0.329 e. The highest BCUT2D eigenvalue weighted by Gasteiger charge is 2.20. The molecule has 0 saturated heterocycles. The molecule has 0 aliphatic carbocycles. The van der Waals surface area contributed by atoms with E-state index in [2.05, 4.69) is 9.05 Å². The van der Waals surface area contributed by atoms with Crippen LogP contribution in [-0.2, 0) is 13.6 Å². The van der Waals surface area contributed by atoms with Crippen molar-refractivity contribution >= 4 is 19.2 Å². The van der Waals surface area contributed by atoms with Crippen LogP contribution in [0.3, 0.4) is 0 Å². The third-order valence-electron chi connectivity index (χ3n) is 0.759. The van der Waals surface area contributed by atoms with Crippen LogP contribution in [0, 0.1) is 0 Å². The molecule has 0 aliphatic heterocycles. The molecule has 62 valence electrons. The number of halogens is 2. The van der Waals surface area contributed by atoms with Crippen LogP contribution in [0.25, 0.3) is 0 Å². The van der Waals surface area contributed by atoms with E-state index in [9.17, 15) is 8.96 Å². The van der Waals surface area contributed by atoms with Crippen LogP contribution >= 0.6 is 19.2 Å². The Morgan fingerprint density at radius 3 is 2.60 bits per heavy atom. The fourth-order valence-electron chi connectivity index (χ4n) is 0.279. The lowest BCUT2D eigenvalue weighted by molar-refractivity contribution is 0.0724. The molecule has 0 fully saturated rings. The van der Waals surface area contributed by atoms with Crippen molar-refractivity contribution in [2.75, 3.05) is 19.7 Å². The maximum Gasteiger partial charge on any atom is 0.329 e. The van der Waals surface area contributed by atoms with E-state index in [0.717, 1.165) is 0 Å². The van der Waals surface area contributed by atoms with Crippen molar-refractivity contribution in [3.63, 3.8) is 0 Å². The van der Waals surface area contributed by atoms with Gasteiger partial charge in [-0.3, -0.25) is 9.09 Å². The Balaban J connectivity index is 3.77. The van der Waals surface area contributed by atoms with Crippen LogP contribution < -0.4 is 0 Å². The SMILES string of the molecule is COP(C)(=O)OC(F)CCl. The van der Waals surface area contributed by atoms with Gasteiger partial charge in [-0.1, -0.05) is 0 Å². The van der Waals surface area contributed by atoms with Gasteiger partial charge in [0, 0.05) is 13.8 Å². The predicted molar refractivity (Wildman–Crippen MR) is 37.2 cm³/mol. The van der Waals surface area contributed by atoms with Gasteiger partial charge in [0.25, 0.3) is 0 Å². The van der Waals surface area contributed by atoms with Crippen molar-refractivity contribution in [3.05, 3.63) is 0 Å². The summed E-state index contributed by atoms with van der Waals surface area (Å²) in [4.78, 5) is 0. The Labute approximate surface area is 64.0 Å². The molecule has 0 aromatic carbocycles. The maximum absolute atomic E-state index is 12.2. The van der Waals surface area contributed by atoms with Crippen LogP contribution in [0.1, 0.15) is 0 Å². The molecule has 2 atom stereocenters. The quantitative estimate of drug-likeness (QED) is 0.503. The first-order chi connectivity index (χ1) is 4.52. The molecular formula is C4H9ClFO3P. The van der Waals surface area contributed by atoms with Gasteiger partial charge in [-0.2, -0.15) is 0 Å². The normalized spacial score (nSPS) is 20.0. The third-order valence-corrected chi connectivity index (χ3v) is 2.28. The van der Waals surface area contributed by atoms with Gasteiger partial charge in [0.15, 0.2) is 0 Å². The summed E-state index contributed by atoms with van der Waals surface area (Å²) in [5.41, 5.74) is 0. The van der Waals surface area contributed by atoms with Crippen molar-refractivity contribution in [2.45, 2.75) is 6.36 Å². The van der Waals surface area contributed by atoms with Gasteiger partial charge in [-0.15, -0.1) is 11.6 Å². The second-order valence-corrected chi connectivity index (χ2v) is 4.05. The van der Waals surface area contributed by atoms with Gasteiger partial charge in [-0.25, -0.2) is 4.39 Å². The topological polar surface area (TPSA) is 35.5 Å². The third kappa shape index (κ3) is 4.23. The van der Waals surface area contributed by atoms with Crippen molar-refractivity contribution in [2.24, 2.45) is 0 Å².